The van der Waals surface area contributed by atoms with Gasteiger partial charge in [-0.25, -0.2) is 0 Å². The van der Waals surface area contributed by atoms with Crippen LogP contribution in [0.2, 0.25) is 0 Å². The van der Waals surface area contributed by atoms with E-state index in [1.165, 1.54) is 0 Å². The lowest BCUT2D eigenvalue weighted by Crippen LogP contribution is -2.47. The molecule has 2 unspecified atom stereocenters. The SMILES string of the molecule is CCCN(CC(=O)NC)C(=O)C1COCC1N. The van der Waals surface area contributed by atoms with E-state index >= 15 is 0 Å². The minimum absolute atomic E-state index is 0.0829. The lowest BCUT2D eigenvalue weighted by atomic mass is 10.0. The monoisotopic (exact) mass is 243 g/mol. The Morgan fingerprint density at radius 2 is 2.18 bits per heavy atom. The van der Waals surface area contributed by atoms with Crippen LogP contribution in [0.25, 0.3) is 0 Å². The number of ether oxygens (including phenoxy) is 1. The van der Waals surface area contributed by atoms with Gasteiger partial charge in [0.1, 0.15) is 0 Å². The molecule has 1 fully saturated rings. The van der Waals surface area contributed by atoms with Gasteiger partial charge in [-0.1, -0.05) is 6.92 Å². The van der Waals surface area contributed by atoms with Crippen LogP contribution in [0.4, 0.5) is 0 Å². The van der Waals surface area contributed by atoms with Gasteiger partial charge < -0.3 is 20.7 Å². The van der Waals surface area contributed by atoms with E-state index in [9.17, 15) is 9.59 Å². The van der Waals surface area contributed by atoms with Crippen molar-refractivity contribution < 1.29 is 14.3 Å². The fourth-order valence-electron chi connectivity index (χ4n) is 1.85. The van der Waals surface area contributed by atoms with Gasteiger partial charge in [0.15, 0.2) is 0 Å². The number of amides is 2. The van der Waals surface area contributed by atoms with Gasteiger partial charge in [0.2, 0.25) is 11.8 Å². The first-order valence-electron chi connectivity index (χ1n) is 5.92. The normalized spacial score (nSPS) is 23.5. The number of nitrogens with two attached hydrogens (primary N) is 1. The molecule has 3 N–H and O–H groups in total. The van der Waals surface area contributed by atoms with Gasteiger partial charge >= 0.3 is 0 Å². The molecule has 1 saturated heterocycles. The Labute approximate surface area is 101 Å². The maximum atomic E-state index is 12.2. The molecule has 2 amide bonds. The maximum absolute atomic E-state index is 12.2. The van der Waals surface area contributed by atoms with Gasteiger partial charge in [0, 0.05) is 19.6 Å². The predicted octanol–water partition coefficient (Wildman–Crippen LogP) is -1.06. The van der Waals surface area contributed by atoms with Gasteiger partial charge in [0.25, 0.3) is 0 Å². The first-order valence-corrected chi connectivity index (χ1v) is 5.92. The molecule has 17 heavy (non-hydrogen) atoms. The average Bonchev–Trinajstić information content (AvgIpc) is 2.73. The summed E-state index contributed by atoms with van der Waals surface area (Å²) < 4.78 is 5.18. The van der Waals surface area contributed by atoms with Crippen molar-refractivity contribution in [1.29, 1.82) is 0 Å². The zero-order valence-corrected chi connectivity index (χ0v) is 10.4. The Bertz CT molecular complexity index is 283. The molecule has 1 heterocycles. The molecule has 1 rings (SSSR count). The highest BCUT2D eigenvalue weighted by atomic mass is 16.5. The lowest BCUT2D eigenvalue weighted by molar-refractivity contribution is -0.139. The van der Waals surface area contributed by atoms with E-state index in [2.05, 4.69) is 5.32 Å². The Kier molecular flexibility index (Phi) is 5.37. The molecular formula is C11H21N3O3. The summed E-state index contributed by atoms with van der Waals surface area (Å²) in [6.45, 7) is 3.39. The van der Waals surface area contributed by atoms with E-state index < -0.39 is 0 Å². The number of nitrogens with one attached hydrogen (secondary N) is 1. The van der Waals surface area contributed by atoms with Crippen LogP contribution >= 0.6 is 0 Å². The molecule has 98 valence electrons. The number of rotatable bonds is 5. The minimum atomic E-state index is -0.314. The van der Waals surface area contributed by atoms with E-state index in [4.69, 9.17) is 10.5 Å². The first-order chi connectivity index (χ1) is 8.10. The van der Waals surface area contributed by atoms with Crippen molar-refractivity contribution in [2.75, 3.05) is 33.4 Å². The van der Waals surface area contributed by atoms with Crippen molar-refractivity contribution in [2.45, 2.75) is 19.4 Å². The van der Waals surface area contributed by atoms with Crippen molar-refractivity contribution >= 4 is 11.8 Å². The number of nitrogens with zero attached hydrogens (tertiary/aromatic N) is 1. The zero-order chi connectivity index (χ0) is 12.8. The number of carbonyl (C=O) groups is 2. The van der Waals surface area contributed by atoms with E-state index in [1.54, 1.807) is 11.9 Å². The van der Waals surface area contributed by atoms with Gasteiger partial charge in [-0.05, 0) is 6.42 Å². The molecular weight excluding hydrogens is 222 g/mol. The third-order valence-corrected chi connectivity index (χ3v) is 2.86. The fraction of sp³-hybridized carbons (Fsp3) is 0.818. The highest BCUT2D eigenvalue weighted by Crippen LogP contribution is 2.15. The Balaban J connectivity index is 2.62. The topological polar surface area (TPSA) is 84.7 Å². The van der Waals surface area contributed by atoms with E-state index in [-0.39, 0.29) is 30.3 Å². The Hall–Kier alpha value is -1.14. The van der Waals surface area contributed by atoms with E-state index in [0.717, 1.165) is 6.42 Å². The summed E-state index contributed by atoms with van der Waals surface area (Å²) in [5.74, 6) is -0.564. The van der Waals surface area contributed by atoms with Gasteiger partial charge in [0.05, 0.1) is 25.7 Å². The number of hydrogen-bond acceptors (Lipinski definition) is 4. The van der Waals surface area contributed by atoms with Crippen molar-refractivity contribution in [2.24, 2.45) is 11.7 Å². The summed E-state index contributed by atoms with van der Waals surface area (Å²) >= 11 is 0. The summed E-state index contributed by atoms with van der Waals surface area (Å²) in [4.78, 5) is 25.1. The minimum Gasteiger partial charge on any atom is -0.379 e. The second kappa shape index (κ2) is 6.56. The molecule has 2 atom stereocenters. The third-order valence-electron chi connectivity index (χ3n) is 2.86. The molecule has 0 bridgehead atoms. The molecule has 0 aromatic rings. The second-order valence-electron chi connectivity index (χ2n) is 4.24. The first kappa shape index (κ1) is 13.9. The van der Waals surface area contributed by atoms with Crippen molar-refractivity contribution in [1.82, 2.24) is 10.2 Å². The van der Waals surface area contributed by atoms with E-state index in [1.807, 2.05) is 6.92 Å². The summed E-state index contributed by atoms with van der Waals surface area (Å²) in [5, 5.41) is 2.52. The highest BCUT2D eigenvalue weighted by molar-refractivity contribution is 5.86. The molecule has 1 aliphatic rings. The van der Waals surface area contributed by atoms with E-state index in [0.29, 0.717) is 19.8 Å². The second-order valence-corrected chi connectivity index (χ2v) is 4.24. The summed E-state index contributed by atoms with van der Waals surface area (Å²) in [7, 11) is 1.56. The van der Waals surface area contributed by atoms with Crippen molar-refractivity contribution in [3.05, 3.63) is 0 Å². The predicted molar refractivity (Wildman–Crippen MR) is 63.2 cm³/mol. The average molecular weight is 243 g/mol. The van der Waals surface area contributed by atoms with Crippen LogP contribution in [0.1, 0.15) is 13.3 Å². The molecule has 6 nitrogen and oxygen atoms in total. The Morgan fingerprint density at radius 1 is 1.47 bits per heavy atom. The molecule has 6 heteroatoms. The summed E-state index contributed by atoms with van der Waals surface area (Å²) in [6, 6.07) is -0.258. The smallest absolute Gasteiger partial charge is 0.239 e. The molecule has 0 radical (unpaired) electrons. The summed E-state index contributed by atoms with van der Waals surface area (Å²) in [5.41, 5.74) is 5.80. The maximum Gasteiger partial charge on any atom is 0.239 e. The van der Waals surface area contributed by atoms with Crippen LogP contribution in [0, 0.1) is 5.92 Å². The number of hydrogen-bond donors (Lipinski definition) is 2. The fourth-order valence-corrected chi connectivity index (χ4v) is 1.85. The van der Waals surface area contributed by atoms with Gasteiger partial charge in [-0.2, -0.15) is 0 Å². The van der Waals surface area contributed by atoms with Crippen LogP contribution in [0.3, 0.4) is 0 Å². The van der Waals surface area contributed by atoms with Gasteiger partial charge in [-0.3, -0.25) is 9.59 Å². The van der Waals surface area contributed by atoms with Crippen LogP contribution in [0.15, 0.2) is 0 Å². The molecule has 1 aliphatic heterocycles. The molecule has 0 saturated carbocycles. The molecule has 0 aromatic heterocycles. The number of carbonyl (C=O) groups excluding carboxylic acids is 2. The number of likely N-dealkylation sites (N-methyl/N-ethyl adjacent to an activating group) is 1. The lowest BCUT2D eigenvalue weighted by Gasteiger charge is -2.25. The van der Waals surface area contributed by atoms with Crippen LogP contribution < -0.4 is 11.1 Å². The van der Waals surface area contributed by atoms with Crippen molar-refractivity contribution in [3.8, 4) is 0 Å². The van der Waals surface area contributed by atoms with Crippen molar-refractivity contribution in [3.63, 3.8) is 0 Å². The largest absolute Gasteiger partial charge is 0.379 e. The standard InChI is InChI=1S/C11H21N3O3/c1-3-4-14(5-10(15)13-2)11(16)8-6-17-7-9(8)12/h8-9H,3-7,12H2,1-2H3,(H,13,15). The third kappa shape index (κ3) is 3.67. The van der Waals surface area contributed by atoms with Crippen LogP contribution in [-0.4, -0.2) is 56.1 Å². The summed E-state index contributed by atoms with van der Waals surface area (Å²) in [6.07, 6.45) is 0.811. The molecule has 0 aromatic carbocycles. The molecule has 0 aliphatic carbocycles. The van der Waals surface area contributed by atoms with Crippen LogP contribution in [0.5, 0.6) is 0 Å². The van der Waals surface area contributed by atoms with Crippen LogP contribution in [-0.2, 0) is 14.3 Å². The zero-order valence-electron chi connectivity index (χ0n) is 10.4. The van der Waals surface area contributed by atoms with Gasteiger partial charge in [-0.15, -0.1) is 0 Å². The quantitative estimate of drug-likeness (QED) is 0.645. The molecule has 0 spiro atoms. The Morgan fingerprint density at radius 3 is 2.65 bits per heavy atom. The highest BCUT2D eigenvalue weighted by Gasteiger charge is 2.34.